The summed E-state index contributed by atoms with van der Waals surface area (Å²) in [5.41, 5.74) is 3.43. The topological polar surface area (TPSA) is 97.8 Å². The number of thioether (sulfide) groups is 1. The number of carbonyl (C=O) groups is 2. The second-order valence-electron chi connectivity index (χ2n) is 12.8. The van der Waals surface area contributed by atoms with Gasteiger partial charge < -0.3 is 19.9 Å². The van der Waals surface area contributed by atoms with Gasteiger partial charge in [0.1, 0.15) is 29.0 Å². The van der Waals surface area contributed by atoms with Crippen molar-refractivity contribution in [1.82, 2.24) is 10.3 Å². The molecule has 1 saturated carbocycles. The van der Waals surface area contributed by atoms with Gasteiger partial charge in [0.25, 0.3) is 5.91 Å². The van der Waals surface area contributed by atoms with Crippen molar-refractivity contribution in [3.05, 3.63) is 95.3 Å². The van der Waals surface area contributed by atoms with Crippen molar-refractivity contribution in [3.8, 4) is 17.2 Å². The van der Waals surface area contributed by atoms with Gasteiger partial charge in [-0.15, -0.1) is 0 Å². The fraction of sp³-hybridized carbons (Fsp3) is 0.378. The van der Waals surface area contributed by atoms with Crippen molar-refractivity contribution >= 4 is 34.4 Å². The Hall–Kier alpha value is -4.04. The molecule has 236 valence electrons. The minimum atomic E-state index is -1.07. The Balaban J connectivity index is 1.33. The first-order valence-corrected chi connectivity index (χ1v) is 16.7. The third-order valence-electron chi connectivity index (χ3n) is 8.34. The highest BCUT2D eigenvalue weighted by molar-refractivity contribution is 7.98. The standard InChI is InChI=1S/C37H42N2O5S/c1-37(2,3)27-12-17-29(18-13-27)44-30-16-11-26-20-33(38-32(31(26)21-30)19-24-7-5-6-8-24)35(40)39-34(36(41)42)23-45-22-25-9-14-28(43-4)15-10-25/h9-18,20-21,24,34H,5-8,19,22-23H2,1-4H3,(H,39,40)(H,41,42)/t34-/m0/s1. The number of nitrogens with zero attached hydrogens (tertiary/aromatic N) is 1. The van der Waals surface area contributed by atoms with Crippen molar-refractivity contribution in [2.45, 2.75) is 70.1 Å². The predicted octanol–water partition coefficient (Wildman–Crippen LogP) is 8.18. The molecule has 1 aliphatic carbocycles. The predicted molar refractivity (Wildman–Crippen MR) is 181 cm³/mol. The molecule has 45 heavy (non-hydrogen) atoms. The summed E-state index contributed by atoms with van der Waals surface area (Å²) < 4.78 is 11.4. The van der Waals surface area contributed by atoms with Gasteiger partial charge in [-0.05, 0) is 76.7 Å². The van der Waals surface area contributed by atoms with Crippen molar-refractivity contribution in [2.75, 3.05) is 12.9 Å². The Morgan fingerprint density at radius 2 is 1.62 bits per heavy atom. The van der Waals surface area contributed by atoms with E-state index in [0.717, 1.165) is 52.8 Å². The van der Waals surface area contributed by atoms with E-state index in [1.807, 2.05) is 54.6 Å². The highest BCUT2D eigenvalue weighted by atomic mass is 32.2. The van der Waals surface area contributed by atoms with Gasteiger partial charge in [0, 0.05) is 22.6 Å². The number of fused-ring (bicyclic) bond motifs is 1. The highest BCUT2D eigenvalue weighted by Gasteiger charge is 2.24. The van der Waals surface area contributed by atoms with Crippen LogP contribution in [0.15, 0.2) is 72.8 Å². The fourth-order valence-corrected chi connectivity index (χ4v) is 6.71. The maximum atomic E-state index is 13.4. The molecular weight excluding hydrogens is 584 g/mol. The second kappa shape index (κ2) is 14.4. The number of carboxylic acids is 1. The molecule has 1 aromatic heterocycles. The lowest BCUT2D eigenvalue weighted by Gasteiger charge is -2.19. The number of rotatable bonds is 12. The first-order chi connectivity index (χ1) is 21.6. The number of benzene rings is 3. The van der Waals surface area contributed by atoms with E-state index in [1.54, 1.807) is 13.2 Å². The minimum Gasteiger partial charge on any atom is -0.497 e. The third kappa shape index (κ3) is 8.57. The van der Waals surface area contributed by atoms with Gasteiger partial charge in [0.2, 0.25) is 0 Å². The summed E-state index contributed by atoms with van der Waals surface area (Å²) in [5.74, 6) is 2.03. The van der Waals surface area contributed by atoms with Crippen LogP contribution in [0.25, 0.3) is 10.8 Å². The highest BCUT2D eigenvalue weighted by Crippen LogP contribution is 2.33. The number of hydrogen-bond acceptors (Lipinski definition) is 6. The van der Waals surface area contributed by atoms with E-state index >= 15 is 0 Å². The first kappa shape index (κ1) is 32.4. The molecule has 8 heteroatoms. The number of carbonyl (C=O) groups excluding carboxylic acids is 1. The number of nitrogens with one attached hydrogen (secondary N) is 1. The Bertz CT molecular complexity index is 1620. The van der Waals surface area contributed by atoms with Crippen LogP contribution in [0, 0.1) is 5.92 Å². The minimum absolute atomic E-state index is 0.0624. The average molecular weight is 627 g/mol. The van der Waals surface area contributed by atoms with Crippen molar-refractivity contribution < 1.29 is 24.2 Å². The summed E-state index contributed by atoms with van der Waals surface area (Å²) in [6.07, 6.45) is 5.46. The van der Waals surface area contributed by atoms with Gasteiger partial charge in [-0.3, -0.25) is 4.79 Å². The molecule has 0 aliphatic heterocycles. The molecule has 0 unspecified atom stereocenters. The van der Waals surface area contributed by atoms with Crippen LogP contribution in [0.1, 0.15) is 73.8 Å². The molecule has 1 aliphatic rings. The number of methoxy groups -OCH3 is 1. The first-order valence-electron chi connectivity index (χ1n) is 15.6. The molecule has 3 aromatic carbocycles. The quantitative estimate of drug-likeness (QED) is 0.164. The molecular formula is C37H42N2O5S. The van der Waals surface area contributed by atoms with Gasteiger partial charge in [0.05, 0.1) is 7.11 Å². The Morgan fingerprint density at radius 1 is 0.956 bits per heavy atom. The van der Waals surface area contributed by atoms with Gasteiger partial charge in [0.15, 0.2) is 0 Å². The number of pyridine rings is 1. The maximum Gasteiger partial charge on any atom is 0.327 e. The second-order valence-corrected chi connectivity index (χ2v) is 13.8. The van der Waals surface area contributed by atoms with Crippen LogP contribution in [0.4, 0.5) is 0 Å². The number of hydrogen-bond donors (Lipinski definition) is 2. The number of amides is 1. The van der Waals surface area contributed by atoms with E-state index in [2.05, 4.69) is 38.2 Å². The lowest BCUT2D eigenvalue weighted by Crippen LogP contribution is -2.43. The van der Waals surface area contributed by atoms with Crippen molar-refractivity contribution in [3.63, 3.8) is 0 Å². The molecule has 0 bridgehead atoms. The molecule has 0 spiro atoms. The van der Waals surface area contributed by atoms with E-state index in [9.17, 15) is 14.7 Å². The van der Waals surface area contributed by atoms with Gasteiger partial charge in [-0.25, -0.2) is 9.78 Å². The Morgan fingerprint density at radius 3 is 2.27 bits per heavy atom. The van der Waals surface area contributed by atoms with Crippen LogP contribution in [-0.2, 0) is 22.4 Å². The molecule has 2 N–H and O–H groups in total. The number of aromatic nitrogens is 1. The van der Waals surface area contributed by atoms with Crippen molar-refractivity contribution in [1.29, 1.82) is 0 Å². The van der Waals surface area contributed by atoms with E-state index in [0.29, 0.717) is 17.4 Å². The average Bonchev–Trinajstić information content (AvgIpc) is 3.54. The maximum absolute atomic E-state index is 13.4. The molecule has 1 amide bonds. The summed E-state index contributed by atoms with van der Waals surface area (Å²) in [5, 5.41) is 14.4. The molecule has 4 aromatic rings. The molecule has 1 heterocycles. The Labute approximate surface area is 269 Å². The van der Waals surface area contributed by atoms with Gasteiger partial charge in [-0.2, -0.15) is 11.8 Å². The van der Waals surface area contributed by atoms with Gasteiger partial charge >= 0.3 is 5.97 Å². The molecule has 5 rings (SSSR count). The molecule has 1 fully saturated rings. The largest absolute Gasteiger partial charge is 0.497 e. The zero-order chi connectivity index (χ0) is 32.0. The van der Waals surface area contributed by atoms with Crippen LogP contribution in [0.3, 0.4) is 0 Å². The summed E-state index contributed by atoms with van der Waals surface area (Å²) in [4.78, 5) is 30.3. The molecule has 0 radical (unpaired) electrons. The summed E-state index contributed by atoms with van der Waals surface area (Å²) in [6.45, 7) is 6.55. The fourth-order valence-electron chi connectivity index (χ4n) is 5.70. The normalized spacial score (nSPS) is 14.3. The SMILES string of the molecule is COc1ccc(CSC[C@H](NC(=O)c2cc3ccc(Oc4ccc(C(C)(C)C)cc4)cc3c(CC3CCCC3)n2)C(=O)O)cc1. The van der Waals surface area contributed by atoms with Crippen LogP contribution in [0.2, 0.25) is 0 Å². The van der Waals surface area contributed by atoms with Crippen LogP contribution < -0.4 is 14.8 Å². The van der Waals surface area contributed by atoms with Crippen molar-refractivity contribution in [2.24, 2.45) is 5.92 Å². The monoisotopic (exact) mass is 626 g/mol. The van der Waals surface area contributed by atoms with E-state index in [1.165, 1.54) is 30.2 Å². The van der Waals surface area contributed by atoms with Gasteiger partial charge in [-0.1, -0.05) is 76.8 Å². The molecule has 7 nitrogen and oxygen atoms in total. The lowest BCUT2D eigenvalue weighted by molar-refractivity contribution is -0.138. The molecule has 1 atom stereocenters. The van der Waals surface area contributed by atoms with Crippen LogP contribution in [-0.4, -0.2) is 40.9 Å². The number of carboxylic acid groups (broad SMARTS) is 1. The zero-order valence-electron chi connectivity index (χ0n) is 26.5. The zero-order valence-corrected chi connectivity index (χ0v) is 27.3. The van der Waals surface area contributed by atoms with Crippen LogP contribution in [0.5, 0.6) is 17.2 Å². The summed E-state index contributed by atoms with van der Waals surface area (Å²) >= 11 is 1.45. The number of aliphatic carboxylic acids is 1. The summed E-state index contributed by atoms with van der Waals surface area (Å²) in [7, 11) is 1.62. The number of ether oxygens (including phenoxy) is 2. The molecule has 0 saturated heterocycles. The van der Waals surface area contributed by atoms with E-state index < -0.39 is 17.9 Å². The summed E-state index contributed by atoms with van der Waals surface area (Å²) in [6, 6.07) is 22.4. The van der Waals surface area contributed by atoms with E-state index in [4.69, 9.17) is 14.5 Å². The third-order valence-corrected chi connectivity index (χ3v) is 9.45. The smallest absolute Gasteiger partial charge is 0.327 e. The Kier molecular flexibility index (Phi) is 10.3. The lowest BCUT2D eigenvalue weighted by atomic mass is 9.87. The van der Waals surface area contributed by atoms with Crippen LogP contribution >= 0.6 is 11.8 Å². The van der Waals surface area contributed by atoms with E-state index in [-0.39, 0.29) is 16.9 Å².